The van der Waals surface area contributed by atoms with Crippen molar-refractivity contribution in [1.29, 1.82) is 0 Å². The van der Waals surface area contributed by atoms with Crippen LogP contribution in [0.4, 0.5) is 0 Å². The number of fused-ring (bicyclic) bond motifs is 1. The molecule has 0 aliphatic heterocycles. The molecular formula is C14H12ClN3. The van der Waals surface area contributed by atoms with E-state index in [0.717, 1.165) is 28.2 Å². The highest BCUT2D eigenvalue weighted by atomic mass is 35.5. The number of nitrogens with zero attached hydrogens (tertiary/aromatic N) is 3. The van der Waals surface area contributed by atoms with E-state index in [-0.39, 0.29) is 0 Å². The molecule has 2 heterocycles. The summed E-state index contributed by atoms with van der Waals surface area (Å²) in [6.45, 7) is 4.00. The van der Waals surface area contributed by atoms with Crippen molar-refractivity contribution >= 4 is 17.2 Å². The summed E-state index contributed by atoms with van der Waals surface area (Å²) in [5.74, 6) is 0. The van der Waals surface area contributed by atoms with Crippen LogP contribution in [0.3, 0.4) is 0 Å². The van der Waals surface area contributed by atoms with Crippen LogP contribution < -0.4 is 0 Å². The standard InChI is InChI=1S/C14H12ClN3/c1-9-7-10(2)18-14(17-9)12(8-16-18)11-5-3-4-6-13(11)15/h3-8H,1-2H3. The van der Waals surface area contributed by atoms with Gasteiger partial charge in [0.25, 0.3) is 0 Å². The molecule has 0 saturated carbocycles. The van der Waals surface area contributed by atoms with E-state index in [4.69, 9.17) is 11.6 Å². The first-order chi connectivity index (χ1) is 8.66. The number of hydrogen-bond donors (Lipinski definition) is 0. The second-order valence-corrected chi connectivity index (χ2v) is 4.72. The maximum Gasteiger partial charge on any atom is 0.163 e. The normalized spacial score (nSPS) is 11.1. The molecule has 90 valence electrons. The molecule has 0 fully saturated rings. The molecule has 0 aliphatic rings. The SMILES string of the molecule is Cc1cc(C)n2ncc(-c3ccccc3Cl)c2n1. The smallest absolute Gasteiger partial charge is 0.163 e. The number of hydrogen-bond acceptors (Lipinski definition) is 2. The zero-order valence-corrected chi connectivity index (χ0v) is 10.9. The fourth-order valence-corrected chi connectivity index (χ4v) is 2.38. The van der Waals surface area contributed by atoms with Gasteiger partial charge in [-0.15, -0.1) is 0 Å². The Bertz CT molecular complexity index is 731. The molecule has 0 aliphatic carbocycles. The lowest BCUT2D eigenvalue weighted by molar-refractivity contribution is 0.886. The van der Waals surface area contributed by atoms with Crippen molar-refractivity contribution in [3.8, 4) is 11.1 Å². The van der Waals surface area contributed by atoms with Crippen LogP contribution in [0, 0.1) is 13.8 Å². The lowest BCUT2D eigenvalue weighted by atomic mass is 10.1. The van der Waals surface area contributed by atoms with Crippen LogP contribution in [-0.4, -0.2) is 14.6 Å². The number of rotatable bonds is 1. The Morgan fingerprint density at radius 2 is 1.89 bits per heavy atom. The van der Waals surface area contributed by atoms with Gasteiger partial charge in [-0.3, -0.25) is 0 Å². The van der Waals surface area contributed by atoms with E-state index in [1.807, 2.05) is 54.9 Å². The largest absolute Gasteiger partial charge is 0.233 e. The molecule has 0 radical (unpaired) electrons. The van der Waals surface area contributed by atoms with Gasteiger partial charge in [0.2, 0.25) is 0 Å². The van der Waals surface area contributed by atoms with E-state index in [9.17, 15) is 0 Å². The van der Waals surface area contributed by atoms with Gasteiger partial charge in [0.1, 0.15) is 0 Å². The minimum atomic E-state index is 0.716. The predicted octanol–water partition coefficient (Wildman–Crippen LogP) is 3.67. The molecular weight excluding hydrogens is 246 g/mol. The molecule has 0 amide bonds. The van der Waals surface area contributed by atoms with Gasteiger partial charge in [-0.2, -0.15) is 5.10 Å². The average Bonchev–Trinajstić information content (AvgIpc) is 2.73. The molecule has 1 aromatic carbocycles. The minimum absolute atomic E-state index is 0.716. The van der Waals surface area contributed by atoms with Crippen molar-refractivity contribution in [3.05, 3.63) is 52.9 Å². The van der Waals surface area contributed by atoms with Gasteiger partial charge in [0.15, 0.2) is 5.65 Å². The predicted molar refractivity (Wildman–Crippen MR) is 72.9 cm³/mol. The van der Waals surface area contributed by atoms with Gasteiger partial charge in [0.05, 0.1) is 6.20 Å². The topological polar surface area (TPSA) is 30.2 Å². The summed E-state index contributed by atoms with van der Waals surface area (Å²) in [5, 5.41) is 5.09. The quantitative estimate of drug-likeness (QED) is 0.666. The van der Waals surface area contributed by atoms with Gasteiger partial charge < -0.3 is 0 Å². The first-order valence-corrected chi connectivity index (χ1v) is 6.11. The minimum Gasteiger partial charge on any atom is -0.233 e. The van der Waals surface area contributed by atoms with Crippen LogP contribution in [0.25, 0.3) is 16.8 Å². The van der Waals surface area contributed by atoms with Gasteiger partial charge in [-0.1, -0.05) is 29.8 Å². The summed E-state index contributed by atoms with van der Waals surface area (Å²) in [5.41, 5.74) is 4.82. The Morgan fingerprint density at radius 3 is 2.67 bits per heavy atom. The Hall–Kier alpha value is -1.87. The first-order valence-electron chi connectivity index (χ1n) is 5.73. The zero-order valence-electron chi connectivity index (χ0n) is 10.2. The number of benzene rings is 1. The summed E-state index contributed by atoms with van der Waals surface area (Å²) in [6, 6.07) is 9.76. The summed E-state index contributed by atoms with van der Waals surface area (Å²) in [7, 11) is 0. The maximum absolute atomic E-state index is 6.23. The zero-order chi connectivity index (χ0) is 12.7. The molecule has 0 unspecified atom stereocenters. The third-order valence-corrected chi connectivity index (χ3v) is 3.27. The Kier molecular flexibility index (Phi) is 2.56. The van der Waals surface area contributed by atoms with E-state index in [1.165, 1.54) is 0 Å². The van der Waals surface area contributed by atoms with Crippen molar-refractivity contribution in [1.82, 2.24) is 14.6 Å². The maximum atomic E-state index is 6.23. The third kappa shape index (κ3) is 1.68. The monoisotopic (exact) mass is 257 g/mol. The van der Waals surface area contributed by atoms with Crippen LogP contribution in [0.5, 0.6) is 0 Å². The van der Waals surface area contributed by atoms with E-state index in [0.29, 0.717) is 5.02 Å². The number of halogens is 1. The van der Waals surface area contributed by atoms with Crippen LogP contribution in [0.1, 0.15) is 11.4 Å². The van der Waals surface area contributed by atoms with E-state index >= 15 is 0 Å². The molecule has 3 nitrogen and oxygen atoms in total. The molecule has 0 bridgehead atoms. The average molecular weight is 258 g/mol. The van der Waals surface area contributed by atoms with E-state index in [2.05, 4.69) is 10.1 Å². The second kappa shape index (κ2) is 4.10. The van der Waals surface area contributed by atoms with Crippen molar-refractivity contribution in [2.75, 3.05) is 0 Å². The van der Waals surface area contributed by atoms with Crippen molar-refractivity contribution in [2.24, 2.45) is 0 Å². The molecule has 0 atom stereocenters. The Labute approximate surface area is 110 Å². The highest BCUT2D eigenvalue weighted by Gasteiger charge is 2.12. The highest BCUT2D eigenvalue weighted by molar-refractivity contribution is 6.33. The highest BCUT2D eigenvalue weighted by Crippen LogP contribution is 2.30. The number of aryl methyl sites for hydroxylation is 2. The molecule has 3 rings (SSSR count). The van der Waals surface area contributed by atoms with Crippen molar-refractivity contribution in [3.63, 3.8) is 0 Å². The lowest BCUT2D eigenvalue weighted by Crippen LogP contribution is -1.97. The lowest BCUT2D eigenvalue weighted by Gasteiger charge is -2.04. The molecule has 4 heteroatoms. The van der Waals surface area contributed by atoms with Crippen LogP contribution in [0.15, 0.2) is 36.5 Å². The summed E-state index contributed by atoms with van der Waals surface area (Å²) in [6.07, 6.45) is 1.82. The van der Waals surface area contributed by atoms with E-state index < -0.39 is 0 Å². The molecule has 0 N–H and O–H groups in total. The van der Waals surface area contributed by atoms with E-state index in [1.54, 1.807) is 0 Å². The van der Waals surface area contributed by atoms with Crippen LogP contribution in [-0.2, 0) is 0 Å². The molecule has 18 heavy (non-hydrogen) atoms. The summed E-state index contributed by atoms with van der Waals surface area (Å²) in [4.78, 5) is 4.56. The fraction of sp³-hybridized carbons (Fsp3) is 0.143. The second-order valence-electron chi connectivity index (χ2n) is 4.31. The first kappa shape index (κ1) is 11.2. The van der Waals surface area contributed by atoms with Gasteiger partial charge in [-0.05, 0) is 26.0 Å². The Morgan fingerprint density at radius 1 is 1.11 bits per heavy atom. The van der Waals surface area contributed by atoms with Crippen molar-refractivity contribution in [2.45, 2.75) is 13.8 Å². The Balaban J connectivity index is 2.34. The summed E-state index contributed by atoms with van der Waals surface area (Å²) >= 11 is 6.23. The molecule has 2 aromatic heterocycles. The molecule has 0 saturated heterocycles. The summed E-state index contributed by atoms with van der Waals surface area (Å²) < 4.78 is 1.84. The van der Waals surface area contributed by atoms with Crippen molar-refractivity contribution < 1.29 is 0 Å². The van der Waals surface area contributed by atoms with Crippen LogP contribution in [0.2, 0.25) is 5.02 Å². The van der Waals surface area contributed by atoms with Crippen LogP contribution >= 0.6 is 11.6 Å². The fourth-order valence-electron chi connectivity index (χ4n) is 2.14. The number of aromatic nitrogens is 3. The van der Waals surface area contributed by atoms with Gasteiger partial charge in [-0.25, -0.2) is 9.50 Å². The third-order valence-electron chi connectivity index (χ3n) is 2.94. The molecule has 0 spiro atoms. The van der Waals surface area contributed by atoms with Gasteiger partial charge >= 0.3 is 0 Å². The van der Waals surface area contributed by atoms with Gasteiger partial charge in [0, 0.05) is 27.5 Å². The molecule has 3 aromatic rings.